The molecule has 128 valence electrons. The van der Waals surface area contributed by atoms with Crippen LogP contribution in [-0.2, 0) is 11.3 Å². The summed E-state index contributed by atoms with van der Waals surface area (Å²) in [6, 6.07) is 12.0. The van der Waals surface area contributed by atoms with E-state index in [9.17, 15) is 4.79 Å². The monoisotopic (exact) mass is 365 g/mol. The topological polar surface area (TPSA) is 38.0 Å². The molecule has 0 bridgehead atoms. The second kappa shape index (κ2) is 8.12. The van der Waals surface area contributed by atoms with E-state index in [0.717, 1.165) is 42.7 Å². The lowest BCUT2D eigenvalue weighted by Gasteiger charge is -2.29. The number of thiophene rings is 1. The molecule has 0 saturated carbocycles. The molecule has 0 spiro atoms. The molecule has 3 N–H and O–H groups in total. The van der Waals surface area contributed by atoms with Crippen molar-refractivity contribution in [1.82, 2.24) is 0 Å². The van der Waals surface area contributed by atoms with Gasteiger partial charge in [0.1, 0.15) is 32.7 Å². The normalized spacial score (nSPS) is 20.8. The Morgan fingerprint density at radius 2 is 1.75 bits per heavy atom. The number of rotatable bonds is 5. The lowest BCUT2D eigenvalue weighted by Crippen LogP contribution is -3.28. The molecule has 6 heteroatoms. The summed E-state index contributed by atoms with van der Waals surface area (Å²) in [5.41, 5.74) is 2.08. The molecule has 1 aliphatic heterocycles. The van der Waals surface area contributed by atoms with Gasteiger partial charge in [0.05, 0.1) is 9.21 Å². The zero-order valence-corrected chi connectivity index (χ0v) is 15.5. The molecule has 24 heavy (non-hydrogen) atoms. The van der Waals surface area contributed by atoms with Crippen LogP contribution in [0, 0.1) is 6.92 Å². The number of benzene rings is 1. The zero-order valence-electron chi connectivity index (χ0n) is 13.9. The maximum atomic E-state index is 12.2. The minimum absolute atomic E-state index is 0.0994. The average Bonchev–Trinajstić information content (AvgIpc) is 2.96. The highest BCUT2D eigenvalue weighted by Gasteiger charge is 2.25. The molecule has 0 atom stereocenters. The molecule has 0 aliphatic carbocycles. The van der Waals surface area contributed by atoms with Crippen LogP contribution in [0.1, 0.15) is 10.4 Å². The molecule has 1 aromatic carbocycles. The van der Waals surface area contributed by atoms with Crippen molar-refractivity contribution in [3.05, 3.63) is 51.2 Å². The number of hydrogen-bond donors (Lipinski definition) is 3. The van der Waals surface area contributed by atoms with E-state index in [1.165, 1.54) is 15.3 Å². The van der Waals surface area contributed by atoms with Gasteiger partial charge in [0.25, 0.3) is 5.91 Å². The molecular formula is C18H24ClN3OS+2. The predicted octanol–water partition coefficient (Wildman–Crippen LogP) is 0.632. The van der Waals surface area contributed by atoms with Crippen LogP contribution in [0.4, 0.5) is 5.69 Å². The summed E-state index contributed by atoms with van der Waals surface area (Å²) in [6.07, 6.45) is 0. The smallest absolute Gasteiger partial charge is 0.279 e. The summed E-state index contributed by atoms with van der Waals surface area (Å²) in [5, 5.41) is 2.99. The summed E-state index contributed by atoms with van der Waals surface area (Å²) in [4.78, 5) is 16.5. The first kappa shape index (κ1) is 17.4. The van der Waals surface area contributed by atoms with Crippen molar-refractivity contribution in [3.63, 3.8) is 0 Å². The second-order valence-electron chi connectivity index (χ2n) is 6.47. The molecule has 1 aromatic heterocycles. The van der Waals surface area contributed by atoms with Gasteiger partial charge in [-0.2, -0.15) is 0 Å². The van der Waals surface area contributed by atoms with Crippen LogP contribution in [0.2, 0.25) is 4.34 Å². The maximum Gasteiger partial charge on any atom is 0.279 e. The van der Waals surface area contributed by atoms with E-state index in [-0.39, 0.29) is 5.91 Å². The van der Waals surface area contributed by atoms with E-state index in [1.54, 1.807) is 16.2 Å². The molecule has 2 aromatic rings. The van der Waals surface area contributed by atoms with E-state index in [2.05, 4.69) is 11.4 Å². The number of halogens is 1. The highest BCUT2D eigenvalue weighted by molar-refractivity contribution is 7.16. The highest BCUT2D eigenvalue weighted by Crippen LogP contribution is 2.20. The quantitative estimate of drug-likeness (QED) is 0.714. The molecule has 0 unspecified atom stereocenters. The highest BCUT2D eigenvalue weighted by atomic mass is 35.5. The first-order valence-electron chi connectivity index (χ1n) is 8.36. The van der Waals surface area contributed by atoms with Crippen molar-refractivity contribution in [2.45, 2.75) is 13.5 Å². The van der Waals surface area contributed by atoms with Crippen molar-refractivity contribution >= 4 is 34.5 Å². The Kier molecular flexibility index (Phi) is 5.89. The standard InChI is InChI=1S/C18H22ClN3OS/c1-14-2-4-15(5-3-14)20-18(23)13-22-10-8-21(9-11-22)12-16-6-7-17(19)24-16/h2-7H,8-13H2,1H3,(H,20,23)/p+2. The first-order chi connectivity index (χ1) is 11.6. The summed E-state index contributed by atoms with van der Waals surface area (Å²) >= 11 is 7.66. The van der Waals surface area contributed by atoms with Crippen molar-refractivity contribution in [1.29, 1.82) is 0 Å². The number of carbonyl (C=O) groups excluding carboxylic acids is 1. The number of anilines is 1. The Morgan fingerprint density at radius 3 is 2.38 bits per heavy atom. The van der Waals surface area contributed by atoms with Gasteiger partial charge in [0, 0.05) is 5.69 Å². The summed E-state index contributed by atoms with van der Waals surface area (Å²) in [6.45, 7) is 7.91. The lowest BCUT2D eigenvalue weighted by molar-refractivity contribution is -1.01. The van der Waals surface area contributed by atoms with Gasteiger partial charge < -0.3 is 15.1 Å². The van der Waals surface area contributed by atoms with Gasteiger partial charge in [-0.1, -0.05) is 29.3 Å². The van der Waals surface area contributed by atoms with Crippen LogP contribution in [0.3, 0.4) is 0 Å². The number of hydrogen-bond acceptors (Lipinski definition) is 2. The van der Waals surface area contributed by atoms with Crippen LogP contribution in [0.15, 0.2) is 36.4 Å². The Balaban J connectivity index is 1.41. The van der Waals surface area contributed by atoms with E-state index in [0.29, 0.717) is 6.54 Å². The molecule has 1 amide bonds. The molecule has 0 radical (unpaired) electrons. The minimum atomic E-state index is 0.0994. The number of aryl methyl sites for hydroxylation is 1. The molecular weight excluding hydrogens is 342 g/mol. The van der Waals surface area contributed by atoms with E-state index in [4.69, 9.17) is 11.6 Å². The van der Waals surface area contributed by atoms with Crippen LogP contribution in [0.5, 0.6) is 0 Å². The van der Waals surface area contributed by atoms with Crippen LogP contribution in [0.25, 0.3) is 0 Å². The van der Waals surface area contributed by atoms with Crippen LogP contribution in [-0.4, -0.2) is 38.6 Å². The van der Waals surface area contributed by atoms with Gasteiger partial charge in [0.15, 0.2) is 6.54 Å². The number of amides is 1. The fourth-order valence-corrected chi connectivity index (χ4v) is 4.23. The first-order valence-corrected chi connectivity index (χ1v) is 9.56. The van der Waals surface area contributed by atoms with Crippen LogP contribution < -0.4 is 15.1 Å². The third-order valence-electron chi connectivity index (χ3n) is 4.46. The van der Waals surface area contributed by atoms with Gasteiger partial charge in [-0.25, -0.2) is 0 Å². The maximum absolute atomic E-state index is 12.2. The fourth-order valence-electron chi connectivity index (χ4n) is 3.07. The summed E-state index contributed by atoms with van der Waals surface area (Å²) in [5.74, 6) is 0.0994. The molecule has 1 aliphatic rings. The van der Waals surface area contributed by atoms with Crippen molar-refractivity contribution < 1.29 is 14.6 Å². The summed E-state index contributed by atoms with van der Waals surface area (Å²) in [7, 11) is 0. The number of quaternary nitrogens is 2. The molecule has 1 fully saturated rings. The van der Waals surface area contributed by atoms with Gasteiger partial charge in [-0.3, -0.25) is 4.79 Å². The third kappa shape index (κ3) is 5.05. The van der Waals surface area contributed by atoms with Crippen molar-refractivity contribution in [2.75, 3.05) is 38.0 Å². The third-order valence-corrected chi connectivity index (χ3v) is 5.69. The zero-order chi connectivity index (χ0) is 16.9. The Bertz CT molecular complexity index is 678. The van der Waals surface area contributed by atoms with Gasteiger partial charge in [-0.05, 0) is 31.2 Å². The minimum Gasteiger partial charge on any atom is -0.321 e. The van der Waals surface area contributed by atoms with Gasteiger partial charge >= 0.3 is 0 Å². The largest absolute Gasteiger partial charge is 0.321 e. The molecule has 2 heterocycles. The van der Waals surface area contributed by atoms with Gasteiger partial charge in [0.2, 0.25) is 0 Å². The van der Waals surface area contributed by atoms with Crippen LogP contribution >= 0.6 is 22.9 Å². The number of nitrogens with one attached hydrogen (secondary N) is 3. The fraction of sp³-hybridized carbons (Fsp3) is 0.389. The number of carbonyl (C=O) groups is 1. The van der Waals surface area contributed by atoms with E-state index < -0.39 is 0 Å². The SMILES string of the molecule is Cc1ccc(NC(=O)C[NH+]2CC[NH+](Cc3ccc(Cl)s3)CC2)cc1. The number of piperazine rings is 1. The van der Waals surface area contributed by atoms with E-state index in [1.807, 2.05) is 37.3 Å². The molecule has 4 nitrogen and oxygen atoms in total. The second-order valence-corrected chi connectivity index (χ2v) is 8.27. The Labute approximate surface area is 152 Å². The molecule has 1 saturated heterocycles. The van der Waals surface area contributed by atoms with Gasteiger partial charge in [-0.15, -0.1) is 11.3 Å². The molecule has 3 rings (SSSR count). The Morgan fingerprint density at radius 1 is 1.08 bits per heavy atom. The Hall–Kier alpha value is -1.40. The van der Waals surface area contributed by atoms with E-state index >= 15 is 0 Å². The van der Waals surface area contributed by atoms with Crippen molar-refractivity contribution in [2.24, 2.45) is 0 Å². The predicted molar refractivity (Wildman–Crippen MR) is 99.1 cm³/mol. The average molecular weight is 366 g/mol. The van der Waals surface area contributed by atoms with Crippen molar-refractivity contribution in [3.8, 4) is 0 Å². The lowest BCUT2D eigenvalue weighted by atomic mass is 10.2. The summed E-state index contributed by atoms with van der Waals surface area (Å²) < 4.78 is 0.862.